The molecule has 0 aliphatic carbocycles. The summed E-state index contributed by atoms with van der Waals surface area (Å²) < 4.78 is 10.2. The van der Waals surface area contributed by atoms with E-state index in [-0.39, 0.29) is 0 Å². The topological polar surface area (TPSA) is 33.7 Å². The quantitative estimate of drug-likeness (QED) is 0.694. The molecule has 0 aliphatic heterocycles. The van der Waals surface area contributed by atoms with Gasteiger partial charge in [0, 0.05) is 45.5 Å². The van der Waals surface area contributed by atoms with Crippen LogP contribution >= 0.6 is 0 Å². The van der Waals surface area contributed by atoms with Gasteiger partial charge in [0.05, 0.1) is 13.7 Å². The lowest BCUT2D eigenvalue weighted by molar-refractivity contribution is 0.200. The van der Waals surface area contributed by atoms with Crippen LogP contribution in [0.4, 0.5) is 5.69 Å². The summed E-state index contributed by atoms with van der Waals surface area (Å²) in [6.45, 7) is 3.54. The minimum atomic E-state index is 0.753. The molecule has 96 valence electrons. The van der Waals surface area contributed by atoms with Crippen LogP contribution in [0.5, 0.6) is 5.75 Å². The number of hydrogen-bond donors (Lipinski definition) is 1. The molecule has 1 aromatic carbocycles. The molecule has 4 nitrogen and oxygen atoms in total. The van der Waals surface area contributed by atoms with E-state index < -0.39 is 0 Å². The molecule has 1 aromatic rings. The van der Waals surface area contributed by atoms with Crippen LogP contribution in [0.1, 0.15) is 0 Å². The van der Waals surface area contributed by atoms with Crippen LogP contribution in [0, 0.1) is 0 Å². The highest BCUT2D eigenvalue weighted by Gasteiger charge is 2.01. The number of benzene rings is 1. The SMILES string of the molecule is COCCNCCN(C)c1cccc(OC)c1. The fourth-order valence-corrected chi connectivity index (χ4v) is 1.52. The average Bonchev–Trinajstić information content (AvgIpc) is 2.38. The smallest absolute Gasteiger partial charge is 0.120 e. The molecule has 0 spiro atoms. The molecule has 1 N–H and O–H groups in total. The van der Waals surface area contributed by atoms with Gasteiger partial charge in [0.1, 0.15) is 5.75 Å². The summed E-state index contributed by atoms with van der Waals surface area (Å²) in [6.07, 6.45) is 0. The van der Waals surface area contributed by atoms with Crippen LogP contribution in [-0.2, 0) is 4.74 Å². The second-order valence-electron chi connectivity index (χ2n) is 3.87. The fraction of sp³-hybridized carbons (Fsp3) is 0.538. The number of likely N-dealkylation sites (N-methyl/N-ethyl adjacent to an activating group) is 1. The first-order valence-corrected chi connectivity index (χ1v) is 5.82. The maximum Gasteiger partial charge on any atom is 0.120 e. The molecular formula is C13H22N2O2. The molecule has 17 heavy (non-hydrogen) atoms. The molecule has 0 fully saturated rings. The Balaban J connectivity index is 2.33. The van der Waals surface area contributed by atoms with Crippen LogP contribution in [0.2, 0.25) is 0 Å². The number of ether oxygens (including phenoxy) is 2. The highest BCUT2D eigenvalue weighted by Crippen LogP contribution is 2.19. The van der Waals surface area contributed by atoms with Gasteiger partial charge in [-0.25, -0.2) is 0 Å². The van der Waals surface area contributed by atoms with E-state index in [1.807, 2.05) is 18.2 Å². The Labute approximate surface area is 104 Å². The van der Waals surface area contributed by atoms with Crippen molar-refractivity contribution in [1.82, 2.24) is 5.32 Å². The third kappa shape index (κ3) is 5.06. The largest absolute Gasteiger partial charge is 0.497 e. The summed E-state index contributed by atoms with van der Waals surface area (Å²) in [5.41, 5.74) is 1.16. The van der Waals surface area contributed by atoms with E-state index in [1.54, 1.807) is 14.2 Å². The summed E-state index contributed by atoms with van der Waals surface area (Å²) in [5.74, 6) is 0.890. The lowest BCUT2D eigenvalue weighted by Gasteiger charge is -2.20. The zero-order chi connectivity index (χ0) is 12.5. The van der Waals surface area contributed by atoms with Crippen molar-refractivity contribution in [2.45, 2.75) is 0 Å². The second-order valence-corrected chi connectivity index (χ2v) is 3.87. The van der Waals surface area contributed by atoms with Crippen molar-refractivity contribution in [3.05, 3.63) is 24.3 Å². The number of nitrogens with one attached hydrogen (secondary N) is 1. The predicted octanol–water partition coefficient (Wildman–Crippen LogP) is 1.37. The monoisotopic (exact) mass is 238 g/mol. The molecule has 0 amide bonds. The van der Waals surface area contributed by atoms with E-state index in [0.29, 0.717) is 0 Å². The molecule has 0 radical (unpaired) electrons. The first-order valence-electron chi connectivity index (χ1n) is 5.82. The van der Waals surface area contributed by atoms with Crippen molar-refractivity contribution in [2.24, 2.45) is 0 Å². The molecule has 0 atom stereocenters. The van der Waals surface area contributed by atoms with E-state index in [0.717, 1.165) is 37.7 Å². The van der Waals surface area contributed by atoms with Gasteiger partial charge in [-0.15, -0.1) is 0 Å². The highest BCUT2D eigenvalue weighted by atomic mass is 16.5. The maximum atomic E-state index is 5.20. The average molecular weight is 238 g/mol. The van der Waals surface area contributed by atoms with Gasteiger partial charge in [-0.2, -0.15) is 0 Å². The number of hydrogen-bond acceptors (Lipinski definition) is 4. The summed E-state index contributed by atoms with van der Waals surface area (Å²) in [7, 11) is 5.47. The Kier molecular flexibility index (Phi) is 6.43. The normalized spacial score (nSPS) is 10.3. The Morgan fingerprint density at radius 1 is 1.24 bits per heavy atom. The summed E-state index contributed by atoms with van der Waals surface area (Å²) >= 11 is 0. The van der Waals surface area contributed by atoms with Crippen molar-refractivity contribution in [2.75, 3.05) is 52.4 Å². The zero-order valence-corrected chi connectivity index (χ0v) is 10.9. The summed E-state index contributed by atoms with van der Waals surface area (Å²) in [5, 5.41) is 3.32. The molecule has 0 heterocycles. The predicted molar refractivity (Wildman–Crippen MR) is 71.0 cm³/mol. The van der Waals surface area contributed by atoms with Crippen molar-refractivity contribution >= 4 is 5.69 Å². The van der Waals surface area contributed by atoms with Crippen LogP contribution < -0.4 is 15.0 Å². The van der Waals surface area contributed by atoms with Crippen LogP contribution in [0.15, 0.2) is 24.3 Å². The number of methoxy groups -OCH3 is 2. The molecule has 1 rings (SSSR count). The first kappa shape index (κ1) is 13.8. The van der Waals surface area contributed by atoms with Gasteiger partial charge in [0.25, 0.3) is 0 Å². The molecule has 0 unspecified atom stereocenters. The molecule has 0 saturated heterocycles. The fourth-order valence-electron chi connectivity index (χ4n) is 1.52. The van der Waals surface area contributed by atoms with Crippen molar-refractivity contribution in [1.29, 1.82) is 0 Å². The zero-order valence-electron chi connectivity index (χ0n) is 10.9. The van der Waals surface area contributed by atoms with Gasteiger partial charge in [0.2, 0.25) is 0 Å². The van der Waals surface area contributed by atoms with Gasteiger partial charge in [-0.05, 0) is 12.1 Å². The highest BCUT2D eigenvalue weighted by molar-refractivity contribution is 5.50. The lowest BCUT2D eigenvalue weighted by atomic mass is 10.3. The number of nitrogens with zero attached hydrogens (tertiary/aromatic N) is 1. The minimum absolute atomic E-state index is 0.753. The molecular weight excluding hydrogens is 216 g/mol. The number of rotatable bonds is 8. The standard InChI is InChI=1S/C13H22N2O2/c1-15(9-7-14-8-10-16-2)12-5-4-6-13(11-12)17-3/h4-6,11,14H,7-10H2,1-3H3. The Hall–Kier alpha value is -1.26. The van der Waals surface area contributed by atoms with E-state index in [2.05, 4.69) is 23.3 Å². The van der Waals surface area contributed by atoms with Crippen molar-refractivity contribution in [3.63, 3.8) is 0 Å². The molecule has 4 heteroatoms. The van der Waals surface area contributed by atoms with Gasteiger partial charge in [-0.3, -0.25) is 0 Å². The van der Waals surface area contributed by atoms with E-state index >= 15 is 0 Å². The minimum Gasteiger partial charge on any atom is -0.497 e. The van der Waals surface area contributed by atoms with E-state index in [1.165, 1.54) is 0 Å². The third-order valence-corrected chi connectivity index (χ3v) is 2.60. The first-order chi connectivity index (χ1) is 8.27. The van der Waals surface area contributed by atoms with Gasteiger partial charge in [-0.1, -0.05) is 6.07 Å². The van der Waals surface area contributed by atoms with E-state index in [9.17, 15) is 0 Å². The molecule has 0 aromatic heterocycles. The second kappa shape index (κ2) is 7.92. The Bertz CT molecular complexity index is 318. The van der Waals surface area contributed by atoms with Crippen molar-refractivity contribution < 1.29 is 9.47 Å². The van der Waals surface area contributed by atoms with Crippen molar-refractivity contribution in [3.8, 4) is 5.75 Å². The van der Waals surface area contributed by atoms with Crippen LogP contribution in [0.25, 0.3) is 0 Å². The molecule has 0 aliphatic rings. The van der Waals surface area contributed by atoms with Gasteiger partial charge < -0.3 is 19.7 Å². The Morgan fingerprint density at radius 2 is 2.06 bits per heavy atom. The molecule has 0 saturated carbocycles. The third-order valence-electron chi connectivity index (χ3n) is 2.60. The Morgan fingerprint density at radius 3 is 2.76 bits per heavy atom. The molecule has 0 bridgehead atoms. The summed E-state index contributed by atoms with van der Waals surface area (Å²) in [6, 6.07) is 8.07. The number of anilines is 1. The summed E-state index contributed by atoms with van der Waals surface area (Å²) in [4.78, 5) is 2.20. The van der Waals surface area contributed by atoms with E-state index in [4.69, 9.17) is 9.47 Å². The lowest BCUT2D eigenvalue weighted by Crippen LogP contribution is -2.30. The van der Waals surface area contributed by atoms with Gasteiger partial charge in [0.15, 0.2) is 0 Å². The van der Waals surface area contributed by atoms with Crippen LogP contribution in [-0.4, -0.2) is 47.5 Å². The van der Waals surface area contributed by atoms with Gasteiger partial charge >= 0.3 is 0 Å². The maximum absolute atomic E-state index is 5.20. The van der Waals surface area contributed by atoms with Crippen LogP contribution in [0.3, 0.4) is 0 Å².